The van der Waals surface area contributed by atoms with Gasteiger partial charge in [0.1, 0.15) is 0 Å². The number of sulfone groups is 1. The number of hydrogen-bond donors (Lipinski definition) is 1. The standard InChI is InChI=1S/C11H10Cl2O4S/c12-8-4-9(13)10(3-7(8)11(14)15)18(16,17)5-6-1-2-6/h3-4,6H,1-2,5H2,(H,14,15). The second-order valence-electron chi connectivity index (χ2n) is 4.29. The fourth-order valence-corrected chi connectivity index (χ4v) is 4.22. The second-order valence-corrected chi connectivity index (χ2v) is 7.11. The normalized spacial score (nSPS) is 15.7. The van der Waals surface area contributed by atoms with E-state index in [-0.39, 0.29) is 32.2 Å². The van der Waals surface area contributed by atoms with Crippen molar-refractivity contribution in [1.82, 2.24) is 0 Å². The number of halogens is 2. The summed E-state index contributed by atoms with van der Waals surface area (Å²) < 4.78 is 24.1. The van der Waals surface area contributed by atoms with Crippen LogP contribution >= 0.6 is 23.2 Å². The Kier molecular flexibility index (Phi) is 3.58. The van der Waals surface area contributed by atoms with E-state index in [4.69, 9.17) is 28.3 Å². The van der Waals surface area contributed by atoms with Crippen molar-refractivity contribution in [3.05, 3.63) is 27.7 Å². The number of carboxylic acid groups (broad SMARTS) is 1. The van der Waals surface area contributed by atoms with E-state index in [1.165, 1.54) is 0 Å². The Hall–Kier alpha value is -0.780. The van der Waals surface area contributed by atoms with Crippen molar-refractivity contribution < 1.29 is 18.3 Å². The van der Waals surface area contributed by atoms with Crippen LogP contribution < -0.4 is 0 Å². The van der Waals surface area contributed by atoms with Crippen LogP contribution in [-0.2, 0) is 9.84 Å². The molecule has 0 saturated heterocycles. The molecule has 0 spiro atoms. The number of carbonyl (C=O) groups is 1. The van der Waals surface area contributed by atoms with Crippen molar-refractivity contribution >= 4 is 39.0 Å². The molecule has 0 radical (unpaired) electrons. The highest BCUT2D eigenvalue weighted by molar-refractivity contribution is 7.91. The Bertz CT molecular complexity index is 606. The summed E-state index contributed by atoms with van der Waals surface area (Å²) in [6.07, 6.45) is 1.77. The number of aromatic carboxylic acids is 1. The molecule has 0 heterocycles. The van der Waals surface area contributed by atoms with Crippen molar-refractivity contribution in [2.24, 2.45) is 5.92 Å². The Morgan fingerprint density at radius 3 is 2.39 bits per heavy atom. The zero-order valence-electron chi connectivity index (χ0n) is 9.19. The summed E-state index contributed by atoms with van der Waals surface area (Å²) in [5, 5.41) is 8.81. The summed E-state index contributed by atoms with van der Waals surface area (Å²) >= 11 is 11.5. The second kappa shape index (κ2) is 4.72. The third-order valence-electron chi connectivity index (χ3n) is 2.74. The third kappa shape index (κ3) is 2.79. The molecule has 18 heavy (non-hydrogen) atoms. The van der Waals surface area contributed by atoms with Gasteiger partial charge in [-0.2, -0.15) is 0 Å². The lowest BCUT2D eigenvalue weighted by molar-refractivity contribution is 0.0697. The summed E-state index contributed by atoms with van der Waals surface area (Å²) in [4.78, 5) is 10.8. The monoisotopic (exact) mass is 308 g/mol. The van der Waals surface area contributed by atoms with Crippen LogP contribution in [-0.4, -0.2) is 25.2 Å². The Labute approximate surface area is 114 Å². The molecule has 1 fully saturated rings. The molecular weight excluding hydrogens is 299 g/mol. The van der Waals surface area contributed by atoms with Gasteiger partial charge in [-0.25, -0.2) is 13.2 Å². The maximum absolute atomic E-state index is 12.1. The van der Waals surface area contributed by atoms with E-state index in [9.17, 15) is 13.2 Å². The highest BCUT2D eigenvalue weighted by Gasteiger charge is 2.31. The first-order valence-electron chi connectivity index (χ1n) is 5.26. The molecule has 1 N–H and O–H groups in total. The first-order chi connectivity index (χ1) is 8.31. The van der Waals surface area contributed by atoms with Gasteiger partial charge in [-0.1, -0.05) is 23.2 Å². The van der Waals surface area contributed by atoms with Gasteiger partial charge >= 0.3 is 5.97 Å². The Morgan fingerprint density at radius 2 is 1.89 bits per heavy atom. The first kappa shape index (κ1) is 13.6. The number of carboxylic acids is 1. The minimum Gasteiger partial charge on any atom is -0.478 e. The molecule has 1 aliphatic carbocycles. The fourth-order valence-electron chi connectivity index (χ4n) is 1.62. The molecule has 1 aliphatic rings. The van der Waals surface area contributed by atoms with Gasteiger partial charge in [0.05, 0.1) is 26.3 Å². The van der Waals surface area contributed by atoms with Gasteiger partial charge in [0.25, 0.3) is 0 Å². The van der Waals surface area contributed by atoms with Crippen LogP contribution in [0.2, 0.25) is 10.0 Å². The molecule has 0 bridgehead atoms. The van der Waals surface area contributed by atoms with Crippen molar-refractivity contribution in [2.75, 3.05) is 5.75 Å². The van der Waals surface area contributed by atoms with Crippen molar-refractivity contribution in [3.8, 4) is 0 Å². The summed E-state index contributed by atoms with van der Waals surface area (Å²) in [5.74, 6) is -1.11. The summed E-state index contributed by atoms with van der Waals surface area (Å²) in [7, 11) is -3.55. The molecule has 0 aromatic heterocycles. The molecular formula is C11H10Cl2O4S. The van der Waals surface area contributed by atoms with E-state index in [0.717, 1.165) is 25.0 Å². The van der Waals surface area contributed by atoms with Crippen LogP contribution in [0.1, 0.15) is 23.2 Å². The van der Waals surface area contributed by atoms with Gasteiger partial charge in [0.15, 0.2) is 9.84 Å². The molecule has 1 saturated carbocycles. The summed E-state index contributed by atoms with van der Waals surface area (Å²) in [6.45, 7) is 0. The molecule has 0 amide bonds. The lowest BCUT2D eigenvalue weighted by Crippen LogP contribution is -2.10. The van der Waals surface area contributed by atoms with Gasteiger partial charge in [-0.3, -0.25) is 0 Å². The van der Waals surface area contributed by atoms with Crippen LogP contribution in [0.5, 0.6) is 0 Å². The zero-order valence-corrected chi connectivity index (χ0v) is 11.5. The minimum absolute atomic E-state index is 0.00735. The van der Waals surface area contributed by atoms with E-state index in [1.807, 2.05) is 0 Å². The molecule has 1 aromatic rings. The smallest absolute Gasteiger partial charge is 0.337 e. The topological polar surface area (TPSA) is 71.4 Å². The largest absolute Gasteiger partial charge is 0.478 e. The van der Waals surface area contributed by atoms with Gasteiger partial charge in [-0.15, -0.1) is 0 Å². The van der Waals surface area contributed by atoms with Crippen LogP contribution in [0.3, 0.4) is 0 Å². The molecule has 7 heteroatoms. The lowest BCUT2D eigenvalue weighted by Gasteiger charge is -2.08. The zero-order chi connectivity index (χ0) is 13.5. The van der Waals surface area contributed by atoms with Crippen molar-refractivity contribution in [3.63, 3.8) is 0 Å². The highest BCUT2D eigenvalue weighted by Crippen LogP contribution is 2.35. The number of rotatable bonds is 4. The molecule has 98 valence electrons. The maximum Gasteiger partial charge on any atom is 0.337 e. The molecule has 0 aliphatic heterocycles. The van der Waals surface area contributed by atoms with E-state index in [0.29, 0.717) is 0 Å². The Morgan fingerprint density at radius 1 is 1.28 bits per heavy atom. The average molecular weight is 309 g/mol. The predicted molar refractivity (Wildman–Crippen MR) is 68.2 cm³/mol. The fraction of sp³-hybridized carbons (Fsp3) is 0.364. The van der Waals surface area contributed by atoms with Crippen LogP contribution in [0.4, 0.5) is 0 Å². The van der Waals surface area contributed by atoms with Gasteiger partial charge < -0.3 is 5.11 Å². The molecule has 0 unspecified atom stereocenters. The van der Waals surface area contributed by atoms with E-state index >= 15 is 0 Å². The summed E-state index contributed by atoms with van der Waals surface area (Å²) in [6, 6.07) is 2.19. The van der Waals surface area contributed by atoms with Gasteiger partial charge in [0, 0.05) is 0 Å². The average Bonchev–Trinajstić information content (AvgIpc) is 2.99. The molecule has 4 nitrogen and oxygen atoms in total. The van der Waals surface area contributed by atoms with Crippen LogP contribution in [0, 0.1) is 5.92 Å². The lowest BCUT2D eigenvalue weighted by atomic mass is 10.2. The number of benzene rings is 1. The molecule has 0 atom stereocenters. The summed E-state index contributed by atoms with van der Waals surface area (Å²) in [5.41, 5.74) is -0.254. The van der Waals surface area contributed by atoms with Gasteiger partial charge in [0.2, 0.25) is 0 Å². The van der Waals surface area contributed by atoms with E-state index in [1.54, 1.807) is 0 Å². The van der Waals surface area contributed by atoms with E-state index < -0.39 is 15.8 Å². The Balaban J connectivity index is 2.49. The SMILES string of the molecule is O=C(O)c1cc(S(=O)(=O)CC2CC2)c(Cl)cc1Cl. The quantitative estimate of drug-likeness (QED) is 0.928. The number of hydrogen-bond acceptors (Lipinski definition) is 3. The van der Waals surface area contributed by atoms with Crippen LogP contribution in [0.15, 0.2) is 17.0 Å². The first-order valence-corrected chi connectivity index (χ1v) is 7.67. The third-order valence-corrected chi connectivity index (χ3v) is 5.39. The van der Waals surface area contributed by atoms with Crippen LogP contribution in [0.25, 0.3) is 0 Å². The molecule has 1 aromatic carbocycles. The van der Waals surface area contributed by atoms with E-state index in [2.05, 4.69) is 0 Å². The predicted octanol–water partition coefficient (Wildman–Crippen LogP) is 2.88. The van der Waals surface area contributed by atoms with Gasteiger partial charge in [-0.05, 0) is 30.9 Å². The maximum atomic E-state index is 12.1. The van der Waals surface area contributed by atoms with Crippen molar-refractivity contribution in [2.45, 2.75) is 17.7 Å². The highest BCUT2D eigenvalue weighted by atomic mass is 35.5. The molecule has 2 rings (SSSR count). The van der Waals surface area contributed by atoms with Crippen molar-refractivity contribution in [1.29, 1.82) is 0 Å². The minimum atomic E-state index is -3.55.